The van der Waals surface area contributed by atoms with E-state index in [1.807, 2.05) is 0 Å². The monoisotopic (exact) mass is 232 g/mol. The number of carbonyl (C=O) groups is 1. The second kappa shape index (κ2) is 4.75. The number of nitrogens with one attached hydrogen (secondary N) is 2. The number of aliphatic hydroxyl groups excluding tert-OH is 1. The highest BCUT2D eigenvalue weighted by Gasteiger charge is 2.10. The number of aryl methyl sites for hydroxylation is 1. The first kappa shape index (κ1) is 11.3. The standard InChI is InChI=1S/C11H12N4O2/c1-7-12-10(15-14-7)11(17)13-9-4-2-8(6-16)3-5-9/h2-5,16H,6H2,1H3,(H,13,17)(H,12,14,15). The molecule has 0 aliphatic rings. The van der Waals surface area contributed by atoms with E-state index < -0.39 is 0 Å². The fourth-order valence-electron chi connectivity index (χ4n) is 1.32. The highest BCUT2D eigenvalue weighted by Crippen LogP contribution is 2.10. The van der Waals surface area contributed by atoms with Gasteiger partial charge in [-0.3, -0.25) is 9.89 Å². The molecule has 6 heteroatoms. The SMILES string of the molecule is Cc1nc(C(=O)Nc2ccc(CO)cc2)n[nH]1. The Labute approximate surface area is 97.7 Å². The summed E-state index contributed by atoms with van der Waals surface area (Å²) in [5.74, 6) is 0.325. The summed E-state index contributed by atoms with van der Waals surface area (Å²) < 4.78 is 0. The van der Waals surface area contributed by atoms with E-state index in [-0.39, 0.29) is 18.3 Å². The van der Waals surface area contributed by atoms with Gasteiger partial charge in [-0.25, -0.2) is 4.98 Å². The Hall–Kier alpha value is -2.21. The third kappa shape index (κ3) is 2.67. The molecule has 1 aromatic heterocycles. The van der Waals surface area contributed by atoms with E-state index in [0.717, 1.165) is 5.56 Å². The number of aromatic nitrogens is 3. The van der Waals surface area contributed by atoms with Gasteiger partial charge in [-0.2, -0.15) is 0 Å². The molecule has 0 saturated carbocycles. The first-order valence-electron chi connectivity index (χ1n) is 5.09. The molecular weight excluding hydrogens is 220 g/mol. The van der Waals surface area contributed by atoms with E-state index in [9.17, 15) is 4.79 Å². The molecule has 17 heavy (non-hydrogen) atoms. The lowest BCUT2D eigenvalue weighted by atomic mass is 10.2. The van der Waals surface area contributed by atoms with E-state index in [4.69, 9.17) is 5.11 Å². The van der Waals surface area contributed by atoms with Crippen molar-refractivity contribution in [2.75, 3.05) is 5.32 Å². The van der Waals surface area contributed by atoms with Crippen molar-refractivity contribution in [1.82, 2.24) is 15.2 Å². The largest absolute Gasteiger partial charge is 0.392 e. The highest BCUT2D eigenvalue weighted by molar-refractivity contribution is 6.01. The predicted molar refractivity (Wildman–Crippen MR) is 61.4 cm³/mol. The lowest BCUT2D eigenvalue weighted by Crippen LogP contribution is -2.13. The van der Waals surface area contributed by atoms with Gasteiger partial charge in [0.2, 0.25) is 5.82 Å². The van der Waals surface area contributed by atoms with Crippen LogP contribution in [0.1, 0.15) is 22.0 Å². The molecule has 3 N–H and O–H groups in total. The van der Waals surface area contributed by atoms with Crippen molar-refractivity contribution in [2.24, 2.45) is 0 Å². The summed E-state index contributed by atoms with van der Waals surface area (Å²) in [7, 11) is 0. The number of nitrogens with zero attached hydrogens (tertiary/aromatic N) is 2. The van der Waals surface area contributed by atoms with Crippen molar-refractivity contribution >= 4 is 11.6 Å². The van der Waals surface area contributed by atoms with Crippen LogP contribution in [-0.4, -0.2) is 26.2 Å². The number of anilines is 1. The molecule has 0 radical (unpaired) electrons. The fourth-order valence-corrected chi connectivity index (χ4v) is 1.32. The summed E-state index contributed by atoms with van der Waals surface area (Å²) >= 11 is 0. The number of H-pyrrole nitrogens is 1. The van der Waals surface area contributed by atoms with Crippen LogP contribution in [0.25, 0.3) is 0 Å². The maximum atomic E-state index is 11.7. The Balaban J connectivity index is 2.07. The molecule has 0 spiro atoms. The number of aliphatic hydroxyl groups is 1. The van der Waals surface area contributed by atoms with Crippen LogP contribution < -0.4 is 5.32 Å². The van der Waals surface area contributed by atoms with Crippen LogP contribution in [0.15, 0.2) is 24.3 Å². The lowest BCUT2D eigenvalue weighted by molar-refractivity contribution is 0.101. The fraction of sp³-hybridized carbons (Fsp3) is 0.182. The zero-order valence-electron chi connectivity index (χ0n) is 9.27. The Kier molecular flexibility index (Phi) is 3.15. The Morgan fingerprint density at radius 1 is 1.41 bits per heavy atom. The van der Waals surface area contributed by atoms with E-state index in [2.05, 4.69) is 20.5 Å². The quantitative estimate of drug-likeness (QED) is 0.731. The Bertz CT molecular complexity index is 519. The normalized spacial score (nSPS) is 10.2. The molecule has 0 aliphatic carbocycles. The zero-order chi connectivity index (χ0) is 12.3. The minimum absolute atomic E-state index is 0.0195. The number of hydrogen-bond donors (Lipinski definition) is 3. The van der Waals surface area contributed by atoms with Crippen LogP contribution >= 0.6 is 0 Å². The summed E-state index contributed by atoms with van der Waals surface area (Å²) in [6.07, 6.45) is 0. The number of aromatic amines is 1. The molecule has 2 aromatic rings. The van der Waals surface area contributed by atoms with E-state index in [1.165, 1.54) is 0 Å². The van der Waals surface area contributed by atoms with Crippen LogP contribution in [0.4, 0.5) is 5.69 Å². The van der Waals surface area contributed by atoms with Gasteiger partial charge in [0.15, 0.2) is 0 Å². The van der Waals surface area contributed by atoms with E-state index in [1.54, 1.807) is 31.2 Å². The maximum Gasteiger partial charge on any atom is 0.295 e. The maximum absolute atomic E-state index is 11.7. The van der Waals surface area contributed by atoms with E-state index >= 15 is 0 Å². The van der Waals surface area contributed by atoms with E-state index in [0.29, 0.717) is 11.5 Å². The predicted octanol–water partition coefficient (Wildman–Crippen LogP) is 0.858. The molecular formula is C11H12N4O2. The number of carbonyl (C=O) groups excluding carboxylic acids is 1. The second-order valence-electron chi connectivity index (χ2n) is 3.55. The van der Waals surface area contributed by atoms with Crippen molar-refractivity contribution in [3.8, 4) is 0 Å². The molecule has 1 heterocycles. The third-order valence-electron chi connectivity index (χ3n) is 2.19. The first-order chi connectivity index (χ1) is 8.19. The molecule has 0 aliphatic heterocycles. The molecule has 88 valence electrons. The molecule has 0 unspecified atom stereocenters. The van der Waals surface area contributed by atoms with Crippen molar-refractivity contribution in [3.05, 3.63) is 41.5 Å². The Morgan fingerprint density at radius 3 is 2.65 bits per heavy atom. The topological polar surface area (TPSA) is 90.9 Å². The molecule has 2 rings (SSSR count). The second-order valence-corrected chi connectivity index (χ2v) is 3.55. The molecule has 0 saturated heterocycles. The number of hydrogen-bond acceptors (Lipinski definition) is 4. The smallest absolute Gasteiger partial charge is 0.295 e. The van der Waals surface area contributed by atoms with Crippen molar-refractivity contribution < 1.29 is 9.90 Å². The summed E-state index contributed by atoms with van der Waals surface area (Å²) in [4.78, 5) is 15.6. The lowest BCUT2D eigenvalue weighted by Gasteiger charge is -2.03. The van der Waals surface area contributed by atoms with Gasteiger partial charge < -0.3 is 10.4 Å². The van der Waals surface area contributed by atoms with Crippen LogP contribution in [0.2, 0.25) is 0 Å². The van der Waals surface area contributed by atoms with Crippen LogP contribution in [0.3, 0.4) is 0 Å². The van der Waals surface area contributed by atoms with Gasteiger partial charge in [0.05, 0.1) is 6.61 Å². The minimum Gasteiger partial charge on any atom is -0.392 e. The van der Waals surface area contributed by atoms with Gasteiger partial charge in [-0.15, -0.1) is 5.10 Å². The number of benzene rings is 1. The van der Waals surface area contributed by atoms with Gasteiger partial charge in [0, 0.05) is 5.69 Å². The highest BCUT2D eigenvalue weighted by atomic mass is 16.3. The van der Waals surface area contributed by atoms with Crippen LogP contribution in [0, 0.1) is 6.92 Å². The Morgan fingerprint density at radius 2 is 2.12 bits per heavy atom. The minimum atomic E-state index is -0.369. The van der Waals surface area contributed by atoms with Crippen molar-refractivity contribution in [2.45, 2.75) is 13.5 Å². The molecule has 6 nitrogen and oxygen atoms in total. The van der Waals surface area contributed by atoms with Crippen LogP contribution in [-0.2, 0) is 6.61 Å². The molecule has 1 amide bonds. The summed E-state index contributed by atoms with van der Waals surface area (Å²) in [6.45, 7) is 1.70. The van der Waals surface area contributed by atoms with Gasteiger partial charge in [-0.1, -0.05) is 12.1 Å². The van der Waals surface area contributed by atoms with Crippen LogP contribution in [0.5, 0.6) is 0 Å². The van der Waals surface area contributed by atoms with Gasteiger partial charge in [-0.05, 0) is 24.6 Å². The average molecular weight is 232 g/mol. The summed E-state index contributed by atoms with van der Waals surface area (Å²) in [6, 6.07) is 6.89. The summed E-state index contributed by atoms with van der Waals surface area (Å²) in [5, 5.41) is 17.9. The van der Waals surface area contributed by atoms with Crippen molar-refractivity contribution in [3.63, 3.8) is 0 Å². The molecule has 0 fully saturated rings. The molecule has 0 atom stereocenters. The van der Waals surface area contributed by atoms with Gasteiger partial charge in [0.1, 0.15) is 5.82 Å². The first-order valence-corrected chi connectivity index (χ1v) is 5.09. The zero-order valence-corrected chi connectivity index (χ0v) is 9.27. The van der Waals surface area contributed by atoms with Gasteiger partial charge >= 0.3 is 0 Å². The number of rotatable bonds is 3. The van der Waals surface area contributed by atoms with Crippen molar-refractivity contribution in [1.29, 1.82) is 0 Å². The number of amides is 1. The third-order valence-corrected chi connectivity index (χ3v) is 2.19. The molecule has 1 aromatic carbocycles. The average Bonchev–Trinajstić information content (AvgIpc) is 2.77. The van der Waals surface area contributed by atoms with Gasteiger partial charge in [0.25, 0.3) is 5.91 Å². The molecule has 0 bridgehead atoms. The summed E-state index contributed by atoms with van der Waals surface area (Å²) in [5.41, 5.74) is 1.42.